The predicted octanol–water partition coefficient (Wildman–Crippen LogP) is 2.61. The van der Waals surface area contributed by atoms with Crippen LogP contribution in [0, 0.1) is 0 Å². The molecule has 4 rings (SSSR count). The Kier molecular flexibility index (Phi) is 3.78. The summed E-state index contributed by atoms with van der Waals surface area (Å²) in [6.45, 7) is 4.02. The average molecular weight is 321 g/mol. The Balaban J connectivity index is 1.73. The molecule has 0 bridgehead atoms. The van der Waals surface area contributed by atoms with Crippen LogP contribution in [-0.4, -0.2) is 43.1 Å². The molecule has 1 saturated heterocycles. The molecule has 0 aliphatic carbocycles. The van der Waals surface area contributed by atoms with Gasteiger partial charge >= 0.3 is 0 Å². The van der Waals surface area contributed by atoms with Gasteiger partial charge in [-0.05, 0) is 37.4 Å². The number of nitrogens with zero attached hydrogens (tertiary/aromatic N) is 3. The van der Waals surface area contributed by atoms with Crippen LogP contribution in [0.2, 0.25) is 0 Å². The first-order valence-corrected chi connectivity index (χ1v) is 8.12. The number of likely N-dealkylation sites (N-methyl/N-ethyl adjacent to an activating group) is 1. The molecule has 1 aliphatic rings. The molecular formula is C19H19N3O2. The smallest absolute Gasteiger partial charge is 0.193 e. The molecule has 24 heavy (non-hydrogen) atoms. The van der Waals surface area contributed by atoms with E-state index in [2.05, 4.69) is 21.8 Å². The molecule has 0 amide bonds. The van der Waals surface area contributed by atoms with Crippen LogP contribution in [0.4, 0.5) is 5.69 Å². The van der Waals surface area contributed by atoms with E-state index in [0.717, 1.165) is 37.4 Å². The molecule has 1 fully saturated rings. The van der Waals surface area contributed by atoms with Crippen LogP contribution < -0.4 is 10.3 Å². The number of fused-ring (bicyclic) bond motifs is 1. The van der Waals surface area contributed by atoms with Gasteiger partial charge in [0.1, 0.15) is 11.3 Å². The molecule has 2 aromatic heterocycles. The second-order valence-corrected chi connectivity index (χ2v) is 6.19. The summed E-state index contributed by atoms with van der Waals surface area (Å²) in [5.74, 6) is 0.549. The number of anilines is 1. The van der Waals surface area contributed by atoms with Crippen molar-refractivity contribution in [1.29, 1.82) is 0 Å². The highest BCUT2D eigenvalue weighted by Gasteiger charge is 2.15. The first-order valence-electron chi connectivity index (χ1n) is 8.12. The highest BCUT2D eigenvalue weighted by Crippen LogP contribution is 2.25. The lowest BCUT2D eigenvalue weighted by atomic mass is 10.1. The molecule has 1 aliphatic heterocycles. The minimum atomic E-state index is -0.0221. The quantitative estimate of drug-likeness (QED) is 0.726. The lowest BCUT2D eigenvalue weighted by Gasteiger charge is -2.34. The molecule has 122 valence electrons. The number of hydrogen-bond acceptors (Lipinski definition) is 5. The van der Waals surface area contributed by atoms with Crippen molar-refractivity contribution < 1.29 is 4.42 Å². The zero-order valence-electron chi connectivity index (χ0n) is 13.6. The van der Waals surface area contributed by atoms with Crippen molar-refractivity contribution in [2.24, 2.45) is 0 Å². The minimum Gasteiger partial charge on any atom is -0.456 e. The molecule has 0 radical (unpaired) electrons. The van der Waals surface area contributed by atoms with E-state index in [1.165, 1.54) is 0 Å². The van der Waals surface area contributed by atoms with Gasteiger partial charge in [0, 0.05) is 55.9 Å². The van der Waals surface area contributed by atoms with Gasteiger partial charge in [-0.3, -0.25) is 9.78 Å². The molecule has 0 N–H and O–H groups in total. The normalized spacial score (nSPS) is 15.8. The zero-order valence-corrected chi connectivity index (χ0v) is 13.6. The topological polar surface area (TPSA) is 49.6 Å². The van der Waals surface area contributed by atoms with Gasteiger partial charge in [0.05, 0.1) is 5.39 Å². The standard InChI is InChI=1S/C19H19N3O2/c1-21-7-9-22(10-8-21)15-4-5-18-16(11-15)17(23)12-19(24-18)14-3-2-6-20-13-14/h2-6,11-13H,7-10H2,1H3. The van der Waals surface area contributed by atoms with Crippen LogP contribution >= 0.6 is 0 Å². The highest BCUT2D eigenvalue weighted by molar-refractivity contribution is 5.82. The van der Waals surface area contributed by atoms with Crippen LogP contribution in [0.15, 0.2) is 58.0 Å². The molecule has 3 aromatic rings. The molecule has 3 heterocycles. The van der Waals surface area contributed by atoms with Crippen LogP contribution in [-0.2, 0) is 0 Å². The summed E-state index contributed by atoms with van der Waals surface area (Å²) in [4.78, 5) is 21.3. The van der Waals surface area contributed by atoms with Crippen LogP contribution in [0.25, 0.3) is 22.3 Å². The summed E-state index contributed by atoms with van der Waals surface area (Å²) in [6.07, 6.45) is 3.40. The van der Waals surface area contributed by atoms with E-state index in [-0.39, 0.29) is 5.43 Å². The SMILES string of the molecule is CN1CCN(c2ccc3oc(-c4cccnc4)cc(=O)c3c2)CC1. The maximum Gasteiger partial charge on any atom is 0.193 e. The third-order valence-corrected chi connectivity index (χ3v) is 4.53. The Morgan fingerprint density at radius 3 is 2.67 bits per heavy atom. The van der Waals surface area contributed by atoms with Crippen molar-refractivity contribution in [3.8, 4) is 11.3 Å². The fourth-order valence-corrected chi connectivity index (χ4v) is 3.06. The van der Waals surface area contributed by atoms with E-state index >= 15 is 0 Å². The van der Waals surface area contributed by atoms with E-state index in [0.29, 0.717) is 16.7 Å². The third-order valence-electron chi connectivity index (χ3n) is 4.53. The van der Waals surface area contributed by atoms with Gasteiger partial charge in [-0.25, -0.2) is 0 Å². The van der Waals surface area contributed by atoms with Crippen molar-refractivity contribution in [3.05, 3.63) is 59.0 Å². The number of piperazine rings is 1. The Hall–Kier alpha value is -2.66. The maximum absolute atomic E-state index is 12.6. The molecule has 1 aromatic carbocycles. The van der Waals surface area contributed by atoms with Crippen molar-refractivity contribution in [2.75, 3.05) is 38.1 Å². The zero-order chi connectivity index (χ0) is 16.5. The number of pyridine rings is 1. The number of hydrogen-bond donors (Lipinski definition) is 0. The van der Waals surface area contributed by atoms with Gasteiger partial charge in [-0.15, -0.1) is 0 Å². The van der Waals surface area contributed by atoms with Gasteiger partial charge in [0.15, 0.2) is 5.43 Å². The third kappa shape index (κ3) is 2.78. The van der Waals surface area contributed by atoms with Gasteiger partial charge in [-0.1, -0.05) is 0 Å². The van der Waals surface area contributed by atoms with Crippen LogP contribution in [0.3, 0.4) is 0 Å². The summed E-state index contributed by atoms with van der Waals surface area (Å²) in [5.41, 5.74) is 2.47. The molecule has 0 spiro atoms. The number of benzene rings is 1. The minimum absolute atomic E-state index is 0.0221. The lowest BCUT2D eigenvalue weighted by molar-refractivity contribution is 0.313. The van der Waals surface area contributed by atoms with Crippen molar-refractivity contribution in [3.63, 3.8) is 0 Å². The van der Waals surface area contributed by atoms with E-state index in [9.17, 15) is 4.79 Å². The predicted molar refractivity (Wildman–Crippen MR) is 95.4 cm³/mol. The fraction of sp³-hybridized carbons (Fsp3) is 0.263. The number of aromatic nitrogens is 1. The summed E-state index contributed by atoms with van der Waals surface area (Å²) in [6, 6.07) is 11.1. The molecule has 0 saturated carbocycles. The first-order chi connectivity index (χ1) is 11.7. The first kappa shape index (κ1) is 14.9. The van der Waals surface area contributed by atoms with E-state index in [1.807, 2.05) is 30.3 Å². The van der Waals surface area contributed by atoms with Crippen molar-refractivity contribution in [1.82, 2.24) is 9.88 Å². The van der Waals surface area contributed by atoms with Crippen molar-refractivity contribution >= 4 is 16.7 Å². The monoisotopic (exact) mass is 321 g/mol. The number of rotatable bonds is 2. The van der Waals surface area contributed by atoms with Crippen LogP contribution in [0.5, 0.6) is 0 Å². The Morgan fingerprint density at radius 2 is 1.92 bits per heavy atom. The molecule has 5 nitrogen and oxygen atoms in total. The summed E-state index contributed by atoms with van der Waals surface area (Å²) in [5, 5.41) is 0.624. The Morgan fingerprint density at radius 1 is 1.08 bits per heavy atom. The molecule has 0 unspecified atom stereocenters. The molecule has 5 heteroatoms. The van der Waals surface area contributed by atoms with Gasteiger partial charge in [-0.2, -0.15) is 0 Å². The lowest BCUT2D eigenvalue weighted by Crippen LogP contribution is -2.44. The largest absolute Gasteiger partial charge is 0.456 e. The molecule has 0 atom stereocenters. The van der Waals surface area contributed by atoms with E-state index in [1.54, 1.807) is 18.5 Å². The Labute approximate surface area is 140 Å². The van der Waals surface area contributed by atoms with E-state index < -0.39 is 0 Å². The van der Waals surface area contributed by atoms with Crippen molar-refractivity contribution in [2.45, 2.75) is 0 Å². The maximum atomic E-state index is 12.6. The second-order valence-electron chi connectivity index (χ2n) is 6.19. The summed E-state index contributed by atoms with van der Waals surface area (Å²) >= 11 is 0. The van der Waals surface area contributed by atoms with Crippen LogP contribution in [0.1, 0.15) is 0 Å². The molecular weight excluding hydrogens is 302 g/mol. The second kappa shape index (κ2) is 6.09. The van der Waals surface area contributed by atoms with Gasteiger partial charge in [0.2, 0.25) is 0 Å². The average Bonchev–Trinajstić information content (AvgIpc) is 2.63. The van der Waals surface area contributed by atoms with Gasteiger partial charge < -0.3 is 14.2 Å². The summed E-state index contributed by atoms with van der Waals surface area (Å²) < 4.78 is 5.92. The summed E-state index contributed by atoms with van der Waals surface area (Å²) in [7, 11) is 2.13. The fourth-order valence-electron chi connectivity index (χ4n) is 3.06. The Bertz CT molecular complexity index is 913. The van der Waals surface area contributed by atoms with Gasteiger partial charge in [0.25, 0.3) is 0 Å². The highest BCUT2D eigenvalue weighted by atomic mass is 16.3. The van der Waals surface area contributed by atoms with E-state index in [4.69, 9.17) is 4.42 Å².